The van der Waals surface area contributed by atoms with Crippen molar-refractivity contribution >= 4 is 67.9 Å². The van der Waals surface area contributed by atoms with Crippen LogP contribution < -0.4 is 31.8 Å². The molecule has 9 aromatic rings. The minimum atomic E-state index is -3.43. The van der Waals surface area contributed by atoms with Crippen LogP contribution in [0.25, 0.3) is 38.6 Å². The molecule has 0 amide bonds. The van der Waals surface area contributed by atoms with Crippen LogP contribution in [-0.4, -0.2) is 4.57 Å². The van der Waals surface area contributed by atoms with Crippen molar-refractivity contribution in [3.63, 3.8) is 0 Å². The Morgan fingerprint density at radius 1 is 0.302 bits per heavy atom. The summed E-state index contributed by atoms with van der Waals surface area (Å²) in [7, 11) is -6.87. The summed E-state index contributed by atoms with van der Waals surface area (Å²) in [6, 6.07) is 70.3. The molecule has 5 heteroatoms. The van der Waals surface area contributed by atoms with Gasteiger partial charge in [-0.3, -0.25) is 0 Å². The lowest BCUT2D eigenvalue weighted by Crippen LogP contribution is -2.30. The van der Waals surface area contributed by atoms with E-state index in [0.717, 1.165) is 49.1 Å². The average Bonchev–Trinajstić information content (AvgIpc) is 3.58. The molecule has 0 saturated carbocycles. The van der Waals surface area contributed by atoms with Gasteiger partial charge in [0.05, 0.1) is 11.0 Å². The molecule has 0 aliphatic carbocycles. The number of fused-ring (bicyclic) bond motifs is 3. The van der Waals surface area contributed by atoms with E-state index in [9.17, 15) is 0 Å². The van der Waals surface area contributed by atoms with Crippen LogP contribution in [0.3, 0.4) is 0 Å². The molecule has 0 radical (unpaired) electrons. The maximum atomic E-state index is 15.9. The average molecular weight is 720 g/mol. The van der Waals surface area contributed by atoms with Crippen molar-refractivity contribution in [2.75, 3.05) is 0 Å². The molecule has 9 rings (SSSR count). The van der Waals surface area contributed by atoms with Crippen LogP contribution in [-0.2, 0) is 9.13 Å². The Bertz CT molecular complexity index is 2560. The number of para-hydroxylation sites is 2. The third-order valence-electron chi connectivity index (χ3n) is 10.1. The number of nitrogens with zero attached hydrogens (tertiary/aromatic N) is 1. The molecule has 1 aromatic heterocycles. The van der Waals surface area contributed by atoms with Crippen LogP contribution in [0.5, 0.6) is 0 Å². The summed E-state index contributed by atoms with van der Waals surface area (Å²) >= 11 is 0. The highest BCUT2D eigenvalue weighted by atomic mass is 31.2. The van der Waals surface area contributed by atoms with Gasteiger partial charge in [-0.1, -0.05) is 170 Å². The Morgan fingerprint density at radius 3 is 1.02 bits per heavy atom. The van der Waals surface area contributed by atoms with Crippen LogP contribution in [0.2, 0.25) is 0 Å². The third-order valence-corrected chi connectivity index (χ3v) is 16.2. The normalized spacial score (nSPS) is 11.9. The molecule has 0 aliphatic rings. The van der Waals surface area contributed by atoms with Crippen molar-refractivity contribution in [3.05, 3.63) is 212 Å². The molecule has 0 bridgehead atoms. The van der Waals surface area contributed by atoms with Gasteiger partial charge in [0.25, 0.3) is 0 Å². The number of hydrogen-bond acceptors (Lipinski definition) is 2. The lowest BCUT2D eigenvalue weighted by Gasteiger charge is -2.25. The first-order valence-electron chi connectivity index (χ1n) is 17.7. The fourth-order valence-corrected chi connectivity index (χ4v) is 13.1. The molecule has 254 valence electrons. The van der Waals surface area contributed by atoms with Crippen LogP contribution in [0, 0.1) is 0 Å². The van der Waals surface area contributed by atoms with Gasteiger partial charge in [0.1, 0.15) is 0 Å². The largest absolute Gasteiger partial charge is 0.309 e. The van der Waals surface area contributed by atoms with Crippen molar-refractivity contribution in [3.8, 4) is 16.8 Å². The predicted molar refractivity (Wildman–Crippen MR) is 225 cm³/mol. The van der Waals surface area contributed by atoms with E-state index in [1.54, 1.807) is 0 Å². The Labute approximate surface area is 309 Å². The zero-order valence-electron chi connectivity index (χ0n) is 28.9. The Kier molecular flexibility index (Phi) is 8.40. The van der Waals surface area contributed by atoms with Crippen LogP contribution in [0.15, 0.2) is 212 Å². The quantitative estimate of drug-likeness (QED) is 0.147. The van der Waals surface area contributed by atoms with E-state index < -0.39 is 14.3 Å². The fourth-order valence-electron chi connectivity index (χ4n) is 7.58. The zero-order valence-corrected chi connectivity index (χ0v) is 30.7. The maximum absolute atomic E-state index is 15.9. The van der Waals surface area contributed by atoms with E-state index in [-0.39, 0.29) is 0 Å². The number of aromatic nitrogens is 1. The van der Waals surface area contributed by atoms with Gasteiger partial charge < -0.3 is 13.7 Å². The smallest absolute Gasteiger partial charge is 0.171 e. The molecule has 0 aliphatic heterocycles. The zero-order chi connectivity index (χ0) is 35.8. The topological polar surface area (TPSA) is 39.1 Å². The van der Waals surface area contributed by atoms with Gasteiger partial charge in [0.2, 0.25) is 0 Å². The molecular weight excluding hydrogens is 684 g/mol. The lowest BCUT2D eigenvalue weighted by molar-refractivity contribution is 0.592. The Morgan fingerprint density at radius 2 is 0.642 bits per heavy atom. The first-order chi connectivity index (χ1) is 26.0. The monoisotopic (exact) mass is 719 g/mol. The van der Waals surface area contributed by atoms with Gasteiger partial charge in [0, 0.05) is 48.3 Å². The van der Waals surface area contributed by atoms with Crippen molar-refractivity contribution in [1.82, 2.24) is 4.57 Å². The molecule has 8 aromatic carbocycles. The SMILES string of the molecule is O=P(c1ccccc1)(c1ccccc1)c1cc(-c2ccc(-n3c4ccccc4c4ccccc43)cc2)cc(P(=O)(c2ccccc2)c2ccccc2)c1. The summed E-state index contributed by atoms with van der Waals surface area (Å²) in [5.74, 6) is 0. The number of benzene rings is 8. The second-order valence-electron chi connectivity index (χ2n) is 13.2. The molecule has 1 heterocycles. The van der Waals surface area contributed by atoms with E-state index in [2.05, 4.69) is 77.4 Å². The fraction of sp³-hybridized carbons (Fsp3) is 0. The van der Waals surface area contributed by atoms with Crippen molar-refractivity contribution in [2.24, 2.45) is 0 Å². The number of hydrogen-bond donors (Lipinski definition) is 0. The van der Waals surface area contributed by atoms with Crippen molar-refractivity contribution < 1.29 is 9.13 Å². The second kappa shape index (κ2) is 13.5. The summed E-state index contributed by atoms with van der Waals surface area (Å²) in [6.45, 7) is 0. The summed E-state index contributed by atoms with van der Waals surface area (Å²) in [5, 5.41) is 6.60. The minimum Gasteiger partial charge on any atom is -0.309 e. The lowest BCUT2D eigenvalue weighted by atomic mass is 10.1. The standard InChI is InChI=1S/C48H35NO2P2/c50-52(39-17-5-1-6-18-39,40-19-7-2-8-20-40)43-33-37(34-44(35-43)53(51,41-21-9-3-10-22-41)42-23-11-4-12-24-42)36-29-31-38(32-30-36)49-47-27-15-13-25-45(47)46-26-14-16-28-48(46)49/h1-35H. The van der Waals surface area contributed by atoms with E-state index in [0.29, 0.717) is 10.6 Å². The van der Waals surface area contributed by atoms with Crippen molar-refractivity contribution in [2.45, 2.75) is 0 Å². The Balaban J connectivity index is 1.29. The van der Waals surface area contributed by atoms with Gasteiger partial charge in [-0.25, -0.2) is 0 Å². The van der Waals surface area contributed by atoms with Crippen LogP contribution in [0.4, 0.5) is 0 Å². The molecular formula is C48H35NO2P2. The number of rotatable bonds is 8. The molecule has 0 N–H and O–H groups in total. The first-order valence-corrected chi connectivity index (χ1v) is 21.1. The van der Waals surface area contributed by atoms with Crippen LogP contribution in [0.1, 0.15) is 0 Å². The van der Waals surface area contributed by atoms with E-state index in [4.69, 9.17) is 0 Å². The minimum absolute atomic E-state index is 0.640. The third kappa shape index (κ3) is 5.62. The van der Waals surface area contributed by atoms with Crippen molar-refractivity contribution in [1.29, 1.82) is 0 Å². The second-order valence-corrected chi connectivity index (χ2v) is 18.8. The van der Waals surface area contributed by atoms with Gasteiger partial charge in [-0.2, -0.15) is 0 Å². The van der Waals surface area contributed by atoms with Gasteiger partial charge in [-0.05, 0) is 53.6 Å². The summed E-state index contributed by atoms with van der Waals surface area (Å²) < 4.78 is 34.1. The predicted octanol–water partition coefficient (Wildman–Crippen LogP) is 9.73. The first kappa shape index (κ1) is 32.9. The summed E-state index contributed by atoms with van der Waals surface area (Å²) in [5.41, 5.74) is 5.12. The molecule has 0 saturated heterocycles. The summed E-state index contributed by atoms with van der Waals surface area (Å²) in [6.07, 6.45) is 0. The summed E-state index contributed by atoms with van der Waals surface area (Å²) in [4.78, 5) is 0. The molecule has 0 spiro atoms. The van der Waals surface area contributed by atoms with Gasteiger partial charge in [0.15, 0.2) is 14.3 Å². The highest BCUT2D eigenvalue weighted by Crippen LogP contribution is 2.47. The van der Waals surface area contributed by atoms with Gasteiger partial charge >= 0.3 is 0 Å². The van der Waals surface area contributed by atoms with E-state index in [1.807, 2.05) is 140 Å². The molecule has 3 nitrogen and oxygen atoms in total. The Hall–Kier alpha value is -5.98. The van der Waals surface area contributed by atoms with E-state index >= 15 is 9.13 Å². The van der Waals surface area contributed by atoms with Gasteiger partial charge in [-0.15, -0.1) is 0 Å². The molecule has 0 atom stereocenters. The highest BCUT2D eigenvalue weighted by Gasteiger charge is 2.35. The molecule has 53 heavy (non-hydrogen) atoms. The highest BCUT2D eigenvalue weighted by molar-refractivity contribution is 7.86. The molecule has 0 unspecified atom stereocenters. The maximum Gasteiger partial charge on any atom is 0.171 e. The molecule has 0 fully saturated rings. The van der Waals surface area contributed by atoms with E-state index in [1.165, 1.54) is 10.8 Å². The van der Waals surface area contributed by atoms with Crippen LogP contribution >= 0.6 is 14.3 Å².